The number of carbonyl (C=O) groups excluding carboxylic acids is 2. The predicted octanol–water partition coefficient (Wildman–Crippen LogP) is 0.900. The lowest BCUT2D eigenvalue weighted by molar-refractivity contribution is -0.124. The highest BCUT2D eigenvalue weighted by molar-refractivity contribution is 5.81. The van der Waals surface area contributed by atoms with Crippen LogP contribution in [0.4, 0.5) is 4.39 Å². The third kappa shape index (κ3) is 7.41. The van der Waals surface area contributed by atoms with Crippen molar-refractivity contribution in [3.8, 4) is 0 Å². The van der Waals surface area contributed by atoms with Crippen LogP contribution >= 0.6 is 0 Å². The van der Waals surface area contributed by atoms with Crippen LogP contribution in [0.1, 0.15) is 18.9 Å². The van der Waals surface area contributed by atoms with E-state index in [0.29, 0.717) is 13.1 Å². The number of rotatable bonds is 8. The molecule has 5 nitrogen and oxygen atoms in total. The first kappa shape index (κ1) is 17.1. The van der Waals surface area contributed by atoms with Gasteiger partial charge in [-0.2, -0.15) is 0 Å². The summed E-state index contributed by atoms with van der Waals surface area (Å²) < 4.78 is 12.7. The van der Waals surface area contributed by atoms with E-state index in [9.17, 15) is 14.0 Å². The number of carbonyl (C=O) groups is 2. The van der Waals surface area contributed by atoms with Crippen LogP contribution < -0.4 is 10.6 Å². The second kappa shape index (κ2) is 9.07. The number of halogens is 1. The maximum atomic E-state index is 12.7. The number of benzene rings is 1. The summed E-state index contributed by atoms with van der Waals surface area (Å²) in [5.74, 6) is -0.571. The fourth-order valence-electron chi connectivity index (χ4n) is 1.73. The van der Waals surface area contributed by atoms with Crippen molar-refractivity contribution in [2.24, 2.45) is 0 Å². The van der Waals surface area contributed by atoms with Crippen LogP contribution in [0.5, 0.6) is 0 Å². The highest BCUT2D eigenvalue weighted by Crippen LogP contribution is 2.01. The molecular weight excluding hydrogens is 273 g/mol. The number of nitrogens with zero attached hydrogens (tertiary/aromatic N) is 1. The summed E-state index contributed by atoms with van der Waals surface area (Å²) in [6.45, 7) is 3.29. The molecule has 0 spiro atoms. The highest BCUT2D eigenvalue weighted by Gasteiger charge is 2.10. The number of likely N-dealkylation sites (N-methyl/N-ethyl adjacent to an activating group) is 1. The lowest BCUT2D eigenvalue weighted by Crippen LogP contribution is -2.40. The summed E-state index contributed by atoms with van der Waals surface area (Å²) >= 11 is 0. The lowest BCUT2D eigenvalue weighted by atomic mass is 10.2. The maximum absolute atomic E-state index is 12.7. The molecule has 0 aliphatic carbocycles. The Bertz CT molecular complexity index is 462. The third-order valence-electron chi connectivity index (χ3n) is 2.80. The number of hydrogen-bond donors (Lipinski definition) is 2. The summed E-state index contributed by atoms with van der Waals surface area (Å²) in [5, 5.41) is 5.48. The van der Waals surface area contributed by atoms with E-state index in [0.717, 1.165) is 12.0 Å². The Balaban J connectivity index is 2.26. The standard InChI is InChI=1S/C15H22FN3O2/c1-3-8-17-14(20)10-19(2)11-15(21)18-9-12-4-6-13(16)7-5-12/h4-7H,3,8-11H2,1-2H3,(H,17,20)(H,18,21). The van der Waals surface area contributed by atoms with E-state index in [4.69, 9.17) is 0 Å². The number of hydrogen-bond acceptors (Lipinski definition) is 3. The molecule has 1 aromatic carbocycles. The Morgan fingerprint density at radius 1 is 1.10 bits per heavy atom. The molecule has 0 unspecified atom stereocenters. The van der Waals surface area contributed by atoms with Gasteiger partial charge in [0, 0.05) is 13.1 Å². The zero-order valence-electron chi connectivity index (χ0n) is 12.5. The smallest absolute Gasteiger partial charge is 0.234 e. The molecule has 2 amide bonds. The van der Waals surface area contributed by atoms with Gasteiger partial charge in [0.05, 0.1) is 13.1 Å². The Hall–Kier alpha value is -1.95. The van der Waals surface area contributed by atoms with Gasteiger partial charge >= 0.3 is 0 Å². The molecule has 21 heavy (non-hydrogen) atoms. The van der Waals surface area contributed by atoms with Crippen molar-refractivity contribution in [2.75, 3.05) is 26.7 Å². The van der Waals surface area contributed by atoms with Crippen LogP contribution in [0.15, 0.2) is 24.3 Å². The molecule has 0 atom stereocenters. The molecule has 0 saturated carbocycles. The molecule has 6 heteroatoms. The lowest BCUT2D eigenvalue weighted by Gasteiger charge is -2.15. The normalized spacial score (nSPS) is 10.5. The summed E-state index contributed by atoms with van der Waals surface area (Å²) in [4.78, 5) is 24.9. The van der Waals surface area contributed by atoms with Crippen molar-refractivity contribution in [1.29, 1.82) is 0 Å². The first-order chi connectivity index (χ1) is 10.0. The minimum absolute atomic E-state index is 0.0920. The van der Waals surface area contributed by atoms with Crippen LogP contribution in [0.3, 0.4) is 0 Å². The Kier molecular flexibility index (Phi) is 7.39. The fourth-order valence-corrected chi connectivity index (χ4v) is 1.73. The minimum Gasteiger partial charge on any atom is -0.355 e. The molecule has 0 aromatic heterocycles. The molecule has 0 radical (unpaired) electrons. The summed E-state index contributed by atoms with van der Waals surface area (Å²) in [6, 6.07) is 5.95. The molecular formula is C15H22FN3O2. The zero-order chi connectivity index (χ0) is 15.7. The summed E-state index contributed by atoms with van der Waals surface area (Å²) in [6.07, 6.45) is 0.883. The van der Waals surface area contributed by atoms with Crippen molar-refractivity contribution in [1.82, 2.24) is 15.5 Å². The second-order valence-electron chi connectivity index (χ2n) is 4.93. The Labute approximate surface area is 124 Å². The highest BCUT2D eigenvalue weighted by atomic mass is 19.1. The van der Waals surface area contributed by atoms with Crippen LogP contribution in [0.25, 0.3) is 0 Å². The van der Waals surface area contributed by atoms with Gasteiger partial charge < -0.3 is 10.6 Å². The number of amides is 2. The van der Waals surface area contributed by atoms with Gasteiger partial charge in [-0.3, -0.25) is 14.5 Å². The molecule has 0 aliphatic rings. The van der Waals surface area contributed by atoms with Crippen LogP contribution in [0.2, 0.25) is 0 Å². The van der Waals surface area contributed by atoms with Gasteiger partial charge in [0.2, 0.25) is 11.8 Å². The van der Waals surface area contributed by atoms with Crippen LogP contribution in [-0.2, 0) is 16.1 Å². The van der Waals surface area contributed by atoms with Gasteiger partial charge in [-0.05, 0) is 31.2 Å². The monoisotopic (exact) mass is 295 g/mol. The van der Waals surface area contributed by atoms with Gasteiger partial charge in [0.15, 0.2) is 0 Å². The SMILES string of the molecule is CCCNC(=O)CN(C)CC(=O)NCc1ccc(F)cc1. The zero-order valence-corrected chi connectivity index (χ0v) is 12.5. The van der Waals surface area contributed by atoms with Crippen molar-refractivity contribution in [2.45, 2.75) is 19.9 Å². The van der Waals surface area contributed by atoms with E-state index in [-0.39, 0.29) is 30.7 Å². The fraction of sp³-hybridized carbons (Fsp3) is 0.467. The summed E-state index contributed by atoms with van der Waals surface area (Å²) in [7, 11) is 1.71. The molecule has 0 bridgehead atoms. The number of nitrogens with one attached hydrogen (secondary N) is 2. The predicted molar refractivity (Wildman–Crippen MR) is 79.0 cm³/mol. The first-order valence-corrected chi connectivity index (χ1v) is 6.97. The molecule has 1 aromatic rings. The van der Waals surface area contributed by atoms with Crippen LogP contribution in [-0.4, -0.2) is 43.4 Å². The van der Waals surface area contributed by atoms with E-state index < -0.39 is 0 Å². The third-order valence-corrected chi connectivity index (χ3v) is 2.80. The average molecular weight is 295 g/mol. The molecule has 116 valence electrons. The van der Waals surface area contributed by atoms with Gasteiger partial charge in [-0.25, -0.2) is 4.39 Å². The molecule has 1 rings (SSSR count). The largest absolute Gasteiger partial charge is 0.355 e. The van der Waals surface area contributed by atoms with Crippen molar-refractivity contribution in [3.05, 3.63) is 35.6 Å². The van der Waals surface area contributed by atoms with E-state index >= 15 is 0 Å². The van der Waals surface area contributed by atoms with Crippen molar-refractivity contribution < 1.29 is 14.0 Å². The molecule has 0 saturated heterocycles. The Morgan fingerprint density at radius 2 is 1.67 bits per heavy atom. The van der Waals surface area contributed by atoms with E-state index in [1.54, 1.807) is 24.1 Å². The molecule has 0 aliphatic heterocycles. The maximum Gasteiger partial charge on any atom is 0.234 e. The molecule has 0 heterocycles. The second-order valence-corrected chi connectivity index (χ2v) is 4.93. The first-order valence-electron chi connectivity index (χ1n) is 6.97. The van der Waals surface area contributed by atoms with Gasteiger partial charge in [0.25, 0.3) is 0 Å². The average Bonchev–Trinajstić information content (AvgIpc) is 2.44. The van der Waals surface area contributed by atoms with Crippen molar-refractivity contribution in [3.63, 3.8) is 0 Å². The van der Waals surface area contributed by atoms with Crippen molar-refractivity contribution >= 4 is 11.8 Å². The van der Waals surface area contributed by atoms with Gasteiger partial charge in [0.1, 0.15) is 5.82 Å². The van der Waals surface area contributed by atoms with Gasteiger partial charge in [-0.15, -0.1) is 0 Å². The van der Waals surface area contributed by atoms with E-state index in [2.05, 4.69) is 10.6 Å². The Morgan fingerprint density at radius 3 is 2.24 bits per heavy atom. The molecule has 2 N–H and O–H groups in total. The molecule has 0 fully saturated rings. The topological polar surface area (TPSA) is 61.4 Å². The quantitative estimate of drug-likeness (QED) is 0.749. The van der Waals surface area contributed by atoms with Crippen LogP contribution in [0, 0.1) is 5.82 Å². The van der Waals surface area contributed by atoms with Gasteiger partial charge in [-0.1, -0.05) is 19.1 Å². The summed E-state index contributed by atoms with van der Waals surface area (Å²) in [5.41, 5.74) is 0.827. The van der Waals surface area contributed by atoms with E-state index in [1.165, 1.54) is 12.1 Å². The van der Waals surface area contributed by atoms with E-state index in [1.807, 2.05) is 6.92 Å². The minimum atomic E-state index is -0.303.